The molecule has 1 aliphatic heterocycles. The molecule has 1 heteroatoms. The maximum Gasteiger partial charge on any atom is 0.143 e. The third-order valence-corrected chi connectivity index (χ3v) is 8.39. The van der Waals surface area contributed by atoms with Gasteiger partial charge in [0.15, 0.2) is 0 Å². The first kappa shape index (κ1) is 14.0. The van der Waals surface area contributed by atoms with Crippen LogP contribution >= 0.6 is 0 Å². The van der Waals surface area contributed by atoms with Gasteiger partial charge in [-0.3, -0.25) is 0 Å². The van der Waals surface area contributed by atoms with Gasteiger partial charge in [0.2, 0.25) is 0 Å². The zero-order chi connectivity index (χ0) is 39.4. The second-order valence-corrected chi connectivity index (χ2v) is 10.6. The Bertz CT molecular complexity index is 3380. The van der Waals surface area contributed by atoms with Crippen LogP contribution in [-0.4, -0.2) is 0 Å². The molecule has 1 heterocycles. The van der Waals surface area contributed by atoms with Crippen LogP contribution in [0.5, 0.6) is 11.5 Å². The second-order valence-electron chi connectivity index (χ2n) is 10.6. The lowest BCUT2D eigenvalue weighted by Gasteiger charge is -2.26. The number of hydrogen-bond acceptors (Lipinski definition) is 1. The molecule has 198 valence electrons. The first-order valence-corrected chi connectivity index (χ1v) is 13.8. The number of hydrogen-bond donors (Lipinski definition) is 0. The Hall–Kier alpha value is -5.66. The van der Waals surface area contributed by atoms with Gasteiger partial charge in [0.05, 0.1) is 17.8 Å². The van der Waals surface area contributed by atoms with E-state index in [1.807, 2.05) is 66.7 Å². The molecule has 9 aromatic carbocycles. The van der Waals surface area contributed by atoms with Crippen LogP contribution in [0.4, 0.5) is 0 Å². The molecule has 43 heavy (non-hydrogen) atoms. The normalized spacial score (nSPS) is 16.6. The Morgan fingerprint density at radius 3 is 2.09 bits per heavy atom. The summed E-state index contributed by atoms with van der Waals surface area (Å²) in [5.41, 5.74) is 0.360. The molecule has 0 atom stereocenters. The van der Waals surface area contributed by atoms with Crippen molar-refractivity contribution in [2.24, 2.45) is 0 Å². The molecule has 0 saturated carbocycles. The number of rotatable bonds is 1. The van der Waals surface area contributed by atoms with Crippen LogP contribution in [-0.2, 0) is 0 Å². The minimum atomic E-state index is -0.627. The molecule has 0 radical (unpaired) electrons. The zero-order valence-electron chi connectivity index (χ0n) is 35.3. The third-order valence-electron chi connectivity index (χ3n) is 8.39. The van der Waals surface area contributed by atoms with Gasteiger partial charge < -0.3 is 4.74 Å². The van der Waals surface area contributed by atoms with E-state index in [9.17, 15) is 6.85 Å². The zero-order valence-corrected chi connectivity index (χ0v) is 22.3. The van der Waals surface area contributed by atoms with Crippen molar-refractivity contribution in [2.45, 2.75) is 0 Å². The Kier molecular flexibility index (Phi) is 2.75. The molecule has 0 saturated heterocycles. The summed E-state index contributed by atoms with van der Waals surface area (Å²) >= 11 is 0. The minimum Gasteiger partial charge on any atom is -0.455 e. The SMILES string of the molecule is [2H]c1c([2H])c([2H])c2c3c(c([2H])c([2H])c2c1[2H])-c1c([2H])c2c([2H])c([2H])c([2H])c([2H])c2c2c(-c4c5ccccc5cc5c4ccc4ccccc45)c([2H])c([2H])c(c12)O3. The van der Waals surface area contributed by atoms with Crippen molar-refractivity contribution in [3.63, 3.8) is 0 Å². The highest BCUT2D eigenvalue weighted by atomic mass is 16.5. The van der Waals surface area contributed by atoms with Crippen molar-refractivity contribution < 1.29 is 22.6 Å². The summed E-state index contributed by atoms with van der Waals surface area (Å²) in [6, 6.07) is 14.4. The molecule has 0 amide bonds. The quantitative estimate of drug-likeness (QED) is 0.144. The molecule has 0 spiro atoms. The van der Waals surface area contributed by atoms with E-state index in [-0.39, 0.29) is 66.5 Å². The van der Waals surface area contributed by atoms with Crippen molar-refractivity contribution in [2.75, 3.05) is 0 Å². The number of benzene rings is 9. The van der Waals surface area contributed by atoms with Crippen LogP contribution in [0, 0.1) is 0 Å². The molecule has 10 rings (SSSR count). The lowest BCUT2D eigenvalue weighted by atomic mass is 9.83. The van der Waals surface area contributed by atoms with Gasteiger partial charge >= 0.3 is 0 Å². The van der Waals surface area contributed by atoms with E-state index in [2.05, 4.69) is 0 Å². The Morgan fingerprint density at radius 2 is 1.19 bits per heavy atom. The standard InChI is InChI=1S/C42H24O/c1-5-13-29-25(9-1)17-19-33-36(29)23-27-11-3-6-14-30(27)39(33)35-21-22-38-41-37(24-28-12-4-7-15-31(28)40(35)41)34-20-18-26-10-2-8-16-32(26)42(34)43-38/h1-24H/i2D,4D,7D,8D,10D,12D,15D,16D,18D,20D,21D,22D,24D. The van der Waals surface area contributed by atoms with Gasteiger partial charge in [-0.05, 0) is 95.4 Å². The van der Waals surface area contributed by atoms with Crippen LogP contribution < -0.4 is 4.74 Å². The maximum atomic E-state index is 9.78. The van der Waals surface area contributed by atoms with Gasteiger partial charge in [-0.15, -0.1) is 0 Å². The number of ether oxygens (including phenoxy) is 1. The maximum absolute atomic E-state index is 9.78. The van der Waals surface area contributed by atoms with E-state index in [0.717, 1.165) is 21.5 Å². The molecule has 0 N–H and O–H groups in total. The second kappa shape index (κ2) is 8.44. The lowest BCUT2D eigenvalue weighted by Crippen LogP contribution is -2.00. The molecule has 0 aromatic heterocycles. The summed E-state index contributed by atoms with van der Waals surface area (Å²) in [5.74, 6) is -0.585. The molecular weight excluding hydrogens is 520 g/mol. The van der Waals surface area contributed by atoms with Crippen LogP contribution in [0.1, 0.15) is 17.8 Å². The molecular formula is C42H24O. The summed E-state index contributed by atoms with van der Waals surface area (Å²) in [6.45, 7) is 0. The van der Waals surface area contributed by atoms with Crippen molar-refractivity contribution in [3.8, 4) is 33.8 Å². The van der Waals surface area contributed by atoms with E-state index in [1.54, 1.807) is 0 Å². The summed E-state index contributed by atoms with van der Waals surface area (Å²) in [6.07, 6.45) is 0. The summed E-state index contributed by atoms with van der Waals surface area (Å²) < 4.78 is 124. The van der Waals surface area contributed by atoms with E-state index in [4.69, 9.17) is 15.7 Å². The molecule has 0 bridgehead atoms. The first-order chi connectivity index (χ1) is 26.8. The minimum absolute atomic E-state index is 0.0194. The predicted octanol–water partition coefficient (Wildman–Crippen LogP) is 12.0. The van der Waals surface area contributed by atoms with Gasteiger partial charge in [0.1, 0.15) is 11.5 Å². The summed E-state index contributed by atoms with van der Waals surface area (Å²) in [7, 11) is 0. The van der Waals surface area contributed by atoms with Crippen molar-refractivity contribution in [3.05, 3.63) is 145 Å². The molecule has 9 aromatic rings. The van der Waals surface area contributed by atoms with E-state index >= 15 is 0 Å². The van der Waals surface area contributed by atoms with Crippen molar-refractivity contribution in [1.82, 2.24) is 0 Å². The molecule has 0 fully saturated rings. The first-order valence-electron chi connectivity index (χ1n) is 20.3. The third kappa shape index (κ3) is 3.11. The Balaban J connectivity index is 1.54. The fourth-order valence-electron chi connectivity index (χ4n) is 6.56. The monoisotopic (exact) mass is 557 g/mol. The average molecular weight is 558 g/mol. The number of fused-ring (bicyclic) bond motifs is 10. The highest BCUT2D eigenvalue weighted by Crippen LogP contribution is 2.54. The van der Waals surface area contributed by atoms with Crippen LogP contribution in [0.3, 0.4) is 0 Å². The highest BCUT2D eigenvalue weighted by Gasteiger charge is 2.26. The molecule has 1 nitrogen and oxygen atoms in total. The smallest absolute Gasteiger partial charge is 0.143 e. The fraction of sp³-hybridized carbons (Fsp3) is 0. The Labute approximate surface area is 266 Å². The van der Waals surface area contributed by atoms with Crippen LogP contribution in [0.15, 0.2) is 145 Å². The molecule has 1 aliphatic rings. The fourth-order valence-corrected chi connectivity index (χ4v) is 6.56. The van der Waals surface area contributed by atoms with Crippen molar-refractivity contribution in [1.29, 1.82) is 0 Å². The average Bonchev–Trinajstić information content (AvgIpc) is 3.20. The van der Waals surface area contributed by atoms with E-state index in [1.165, 1.54) is 0 Å². The lowest BCUT2D eigenvalue weighted by molar-refractivity contribution is 0.493. The van der Waals surface area contributed by atoms with Crippen molar-refractivity contribution >= 4 is 64.6 Å². The Morgan fingerprint density at radius 1 is 0.442 bits per heavy atom. The van der Waals surface area contributed by atoms with Crippen LogP contribution in [0.2, 0.25) is 0 Å². The predicted molar refractivity (Wildman–Crippen MR) is 182 cm³/mol. The van der Waals surface area contributed by atoms with Gasteiger partial charge in [0, 0.05) is 21.7 Å². The molecule has 0 unspecified atom stereocenters. The topological polar surface area (TPSA) is 9.23 Å². The van der Waals surface area contributed by atoms with Gasteiger partial charge in [-0.25, -0.2) is 0 Å². The highest BCUT2D eigenvalue weighted by molar-refractivity contribution is 6.28. The summed E-state index contributed by atoms with van der Waals surface area (Å²) in [4.78, 5) is 0. The molecule has 0 aliphatic carbocycles. The van der Waals surface area contributed by atoms with Crippen LogP contribution in [0.25, 0.3) is 86.9 Å². The van der Waals surface area contributed by atoms with Gasteiger partial charge in [0.25, 0.3) is 0 Å². The van der Waals surface area contributed by atoms with E-state index in [0.29, 0.717) is 16.3 Å². The van der Waals surface area contributed by atoms with Gasteiger partial charge in [-0.2, -0.15) is 0 Å². The van der Waals surface area contributed by atoms with E-state index < -0.39 is 72.5 Å². The largest absolute Gasteiger partial charge is 0.455 e. The summed E-state index contributed by atoms with van der Waals surface area (Å²) in [5, 5.41) is 4.19. The van der Waals surface area contributed by atoms with Gasteiger partial charge in [-0.1, -0.05) is 115 Å².